The summed E-state index contributed by atoms with van der Waals surface area (Å²) in [4.78, 5) is 0. The van der Waals surface area contributed by atoms with E-state index in [9.17, 15) is 4.57 Å². The minimum Gasteiger partial charge on any atom is -0.342 e. The quantitative estimate of drug-likeness (QED) is 0.327. The van der Waals surface area contributed by atoms with Crippen LogP contribution in [0.5, 0.6) is 0 Å². The second kappa shape index (κ2) is 13.0. The maximum Gasteiger partial charge on any atom is 0.353 e. The Morgan fingerprint density at radius 1 is 1.21 bits per heavy atom. The summed E-state index contributed by atoms with van der Waals surface area (Å²) in [6.45, 7) is 9.12. The Labute approximate surface area is 148 Å². The average Bonchev–Trinajstić information content (AvgIpc) is 2.53. The predicted molar refractivity (Wildman–Crippen MR) is 100 cm³/mol. The van der Waals surface area contributed by atoms with Crippen LogP contribution in [0, 0.1) is 11.3 Å². The first-order valence-corrected chi connectivity index (χ1v) is 11.3. The molecule has 0 aliphatic heterocycles. The highest BCUT2D eigenvalue weighted by Crippen LogP contribution is 2.48. The predicted octanol–water partition coefficient (Wildman–Crippen LogP) is 5.13. The molecule has 0 rings (SSSR count). The van der Waals surface area contributed by atoms with Gasteiger partial charge < -0.3 is 13.6 Å². The van der Waals surface area contributed by atoms with Gasteiger partial charge in [-0.05, 0) is 40.5 Å². The summed E-state index contributed by atoms with van der Waals surface area (Å²) in [7, 11) is -1.07. The Bertz CT molecular complexity index is 434. The number of allylic oxidation sites excluding steroid dienone is 1. The van der Waals surface area contributed by atoms with E-state index in [1.54, 1.807) is 0 Å². The molecule has 24 heavy (non-hydrogen) atoms. The zero-order valence-electron chi connectivity index (χ0n) is 15.8. The van der Waals surface area contributed by atoms with Gasteiger partial charge in [0.15, 0.2) is 0 Å². The van der Waals surface area contributed by atoms with Gasteiger partial charge in [0.05, 0.1) is 19.1 Å². The first-order chi connectivity index (χ1) is 11.3. The fourth-order valence-corrected chi connectivity index (χ4v) is 5.38. The van der Waals surface area contributed by atoms with E-state index in [2.05, 4.69) is 38.4 Å². The molecule has 0 saturated carbocycles. The van der Waals surface area contributed by atoms with Crippen LogP contribution in [0.3, 0.4) is 0 Å². The highest BCUT2D eigenvalue weighted by atomic mass is 31.2. The van der Waals surface area contributed by atoms with Gasteiger partial charge in [-0.25, -0.2) is 0 Å². The van der Waals surface area contributed by atoms with Crippen LogP contribution in [0.4, 0.5) is 0 Å². The largest absolute Gasteiger partial charge is 0.353 e. The monoisotopic (exact) mass is 378 g/mol. The van der Waals surface area contributed by atoms with Gasteiger partial charge >= 0.3 is 7.60 Å². The van der Waals surface area contributed by atoms with Gasteiger partial charge in [0.25, 0.3) is 0 Å². The standard InChI is InChI=1S/C16H32N2O4P2/c1-15(2)18(16(3)4)23(22-12-10-11-17)13-8-7-9-14-24(19,20-5)21-6/h9,14-16H,7-8,10,12-13H2,1-6H3/b14-9+. The van der Waals surface area contributed by atoms with Crippen LogP contribution in [0.1, 0.15) is 47.0 Å². The molecule has 0 heterocycles. The summed E-state index contributed by atoms with van der Waals surface area (Å²) in [6, 6.07) is 2.89. The SMILES string of the molecule is COP(=O)(/C=C/CCCP(OCCC#N)N(C(C)C)C(C)C)OC. The van der Waals surface area contributed by atoms with Crippen LogP contribution in [0.25, 0.3) is 0 Å². The second-order valence-electron chi connectivity index (χ2n) is 5.82. The van der Waals surface area contributed by atoms with E-state index in [0.29, 0.717) is 25.1 Å². The number of nitriles is 1. The van der Waals surface area contributed by atoms with Crippen molar-refractivity contribution in [2.45, 2.75) is 59.0 Å². The van der Waals surface area contributed by atoms with E-state index in [0.717, 1.165) is 19.0 Å². The van der Waals surface area contributed by atoms with Crippen LogP contribution in [0.2, 0.25) is 0 Å². The van der Waals surface area contributed by atoms with Crippen molar-refractivity contribution >= 4 is 15.9 Å². The molecule has 0 fully saturated rings. The van der Waals surface area contributed by atoms with Crippen molar-refractivity contribution < 1.29 is 18.1 Å². The van der Waals surface area contributed by atoms with Crippen molar-refractivity contribution in [2.24, 2.45) is 0 Å². The van der Waals surface area contributed by atoms with Gasteiger partial charge in [-0.3, -0.25) is 9.24 Å². The summed E-state index contributed by atoms with van der Waals surface area (Å²) in [6.07, 6.45) is 4.85. The van der Waals surface area contributed by atoms with Crippen LogP contribution in [-0.4, -0.2) is 43.7 Å². The van der Waals surface area contributed by atoms with Crippen molar-refractivity contribution in [1.82, 2.24) is 4.67 Å². The van der Waals surface area contributed by atoms with Crippen LogP contribution < -0.4 is 0 Å². The lowest BCUT2D eigenvalue weighted by molar-refractivity contribution is 0.256. The van der Waals surface area contributed by atoms with Gasteiger partial charge in [-0.1, -0.05) is 6.08 Å². The van der Waals surface area contributed by atoms with E-state index >= 15 is 0 Å². The Morgan fingerprint density at radius 2 is 1.79 bits per heavy atom. The fraction of sp³-hybridized carbons (Fsp3) is 0.812. The highest BCUT2D eigenvalue weighted by molar-refractivity contribution is 7.57. The maximum absolute atomic E-state index is 11.9. The lowest BCUT2D eigenvalue weighted by atomic mass is 10.3. The molecule has 0 aliphatic carbocycles. The molecule has 1 atom stereocenters. The number of nitrogens with zero attached hydrogens (tertiary/aromatic N) is 2. The third-order valence-electron chi connectivity index (χ3n) is 3.29. The van der Waals surface area contributed by atoms with Crippen molar-refractivity contribution in [3.63, 3.8) is 0 Å². The van der Waals surface area contributed by atoms with E-state index in [1.807, 2.05) is 6.08 Å². The van der Waals surface area contributed by atoms with E-state index in [1.165, 1.54) is 20.0 Å². The van der Waals surface area contributed by atoms with Gasteiger partial charge in [0.1, 0.15) is 8.30 Å². The third-order valence-corrected chi connectivity index (χ3v) is 7.50. The van der Waals surface area contributed by atoms with Crippen LogP contribution >= 0.6 is 15.9 Å². The molecule has 0 spiro atoms. The number of rotatable bonds is 13. The first kappa shape index (κ1) is 23.7. The van der Waals surface area contributed by atoms with Crippen molar-refractivity contribution in [2.75, 3.05) is 27.0 Å². The van der Waals surface area contributed by atoms with Crippen molar-refractivity contribution in [3.8, 4) is 6.07 Å². The maximum atomic E-state index is 11.9. The normalized spacial score (nSPS) is 14.0. The lowest BCUT2D eigenvalue weighted by Crippen LogP contribution is -2.33. The van der Waals surface area contributed by atoms with E-state index in [4.69, 9.17) is 18.8 Å². The summed E-state index contributed by atoms with van der Waals surface area (Å²) in [5.41, 5.74) is 0. The molecule has 0 saturated heterocycles. The number of hydrogen-bond donors (Lipinski definition) is 0. The summed E-state index contributed by atoms with van der Waals surface area (Å²) < 4.78 is 30.0. The molecule has 140 valence electrons. The molecule has 8 heteroatoms. The summed E-state index contributed by atoms with van der Waals surface area (Å²) in [5, 5.41) is 8.71. The molecular formula is C16H32N2O4P2. The van der Waals surface area contributed by atoms with Gasteiger partial charge in [-0.15, -0.1) is 0 Å². The molecule has 0 aromatic carbocycles. The molecule has 0 radical (unpaired) electrons. The molecule has 0 amide bonds. The highest BCUT2D eigenvalue weighted by Gasteiger charge is 2.24. The Kier molecular flexibility index (Phi) is 12.9. The molecule has 0 aromatic rings. The van der Waals surface area contributed by atoms with Gasteiger partial charge in [0.2, 0.25) is 0 Å². The third kappa shape index (κ3) is 9.28. The van der Waals surface area contributed by atoms with Gasteiger partial charge in [0, 0.05) is 38.3 Å². The Morgan fingerprint density at radius 3 is 2.25 bits per heavy atom. The molecule has 1 unspecified atom stereocenters. The summed E-state index contributed by atoms with van der Waals surface area (Å²) in [5.74, 6) is 1.51. The molecular weight excluding hydrogens is 346 g/mol. The average molecular weight is 378 g/mol. The molecule has 0 bridgehead atoms. The zero-order chi connectivity index (χ0) is 18.6. The fourth-order valence-electron chi connectivity index (χ4n) is 2.30. The minimum absolute atomic E-state index is 0.385. The first-order valence-electron chi connectivity index (χ1n) is 8.25. The zero-order valence-corrected chi connectivity index (χ0v) is 17.6. The van der Waals surface area contributed by atoms with Gasteiger partial charge in [-0.2, -0.15) is 5.26 Å². The topological polar surface area (TPSA) is 71.8 Å². The summed E-state index contributed by atoms with van der Waals surface area (Å²) >= 11 is 0. The van der Waals surface area contributed by atoms with E-state index in [-0.39, 0.29) is 0 Å². The van der Waals surface area contributed by atoms with E-state index < -0.39 is 15.9 Å². The lowest BCUT2D eigenvalue weighted by Gasteiger charge is -2.37. The molecule has 6 nitrogen and oxygen atoms in total. The Balaban J connectivity index is 4.63. The number of unbranched alkanes of at least 4 members (excludes halogenated alkanes) is 1. The Hall–Kier alpha value is -0.270. The number of hydrogen-bond acceptors (Lipinski definition) is 6. The minimum atomic E-state index is -3.07. The van der Waals surface area contributed by atoms with Crippen molar-refractivity contribution in [3.05, 3.63) is 11.9 Å². The smallest absolute Gasteiger partial charge is 0.342 e. The van der Waals surface area contributed by atoms with Crippen LogP contribution in [-0.2, 0) is 18.1 Å². The second-order valence-corrected chi connectivity index (χ2v) is 9.80. The molecule has 0 N–H and O–H groups in total. The van der Waals surface area contributed by atoms with Crippen LogP contribution in [0.15, 0.2) is 11.9 Å². The van der Waals surface area contributed by atoms with Crippen molar-refractivity contribution in [1.29, 1.82) is 5.26 Å². The molecule has 0 aromatic heterocycles. The molecule has 0 aliphatic rings.